The Bertz CT molecular complexity index is 544. The Kier molecular flexibility index (Phi) is 3.57. The summed E-state index contributed by atoms with van der Waals surface area (Å²) in [6.07, 6.45) is 3.45. The normalized spacial score (nSPS) is 35.4. The van der Waals surface area contributed by atoms with E-state index in [0.717, 1.165) is 25.5 Å². The molecule has 0 spiro atoms. The predicted molar refractivity (Wildman–Crippen MR) is 79.0 cm³/mol. The van der Waals surface area contributed by atoms with Crippen molar-refractivity contribution in [1.82, 2.24) is 4.90 Å². The first-order valence-electron chi connectivity index (χ1n) is 7.50. The maximum absolute atomic E-state index is 12.2. The van der Waals surface area contributed by atoms with Crippen LogP contribution in [0.2, 0.25) is 0 Å². The second-order valence-corrected chi connectivity index (χ2v) is 6.37. The van der Waals surface area contributed by atoms with Crippen molar-refractivity contribution in [1.29, 1.82) is 0 Å². The maximum atomic E-state index is 12.2. The van der Waals surface area contributed by atoms with Gasteiger partial charge in [0.05, 0.1) is 11.5 Å². The molecule has 1 aromatic carbocycles. The van der Waals surface area contributed by atoms with Crippen LogP contribution in [0.4, 0.5) is 0 Å². The fraction of sp³-hybridized carbons (Fsp3) is 0.529. The topological polar surface area (TPSA) is 46.6 Å². The number of rotatable bonds is 3. The Morgan fingerprint density at radius 2 is 2.10 bits per heavy atom. The summed E-state index contributed by atoms with van der Waals surface area (Å²) in [5.74, 6) is -0.589. The van der Waals surface area contributed by atoms with E-state index in [2.05, 4.69) is 18.9 Å². The van der Waals surface area contributed by atoms with Gasteiger partial charge in [0.25, 0.3) is 0 Å². The van der Waals surface area contributed by atoms with Crippen LogP contribution in [0.25, 0.3) is 0 Å². The number of hydrogen-bond acceptors (Lipinski definition) is 4. The summed E-state index contributed by atoms with van der Waals surface area (Å²) in [5.41, 5.74) is 0.352. The fourth-order valence-corrected chi connectivity index (χ4v) is 3.87. The molecule has 0 N–H and O–H groups in total. The molecule has 2 aliphatic heterocycles. The number of carbonyl (C=O) groups is 2. The Morgan fingerprint density at radius 3 is 2.76 bits per heavy atom. The number of fused-ring (bicyclic) bond motifs is 2. The van der Waals surface area contributed by atoms with E-state index in [1.165, 1.54) is 0 Å². The third-order valence-corrected chi connectivity index (χ3v) is 5.37. The van der Waals surface area contributed by atoms with Gasteiger partial charge >= 0.3 is 5.97 Å². The monoisotopic (exact) mass is 287 g/mol. The van der Waals surface area contributed by atoms with Crippen molar-refractivity contribution in [3.05, 3.63) is 35.9 Å². The Labute approximate surface area is 125 Å². The van der Waals surface area contributed by atoms with Gasteiger partial charge in [0.15, 0.2) is 0 Å². The number of aldehydes is 1. The highest BCUT2D eigenvalue weighted by atomic mass is 16.5. The van der Waals surface area contributed by atoms with Crippen LogP contribution < -0.4 is 0 Å². The third-order valence-electron chi connectivity index (χ3n) is 5.37. The van der Waals surface area contributed by atoms with Gasteiger partial charge in [0.1, 0.15) is 12.4 Å². The van der Waals surface area contributed by atoms with Crippen molar-refractivity contribution < 1.29 is 14.3 Å². The molecule has 21 heavy (non-hydrogen) atoms. The first-order valence-corrected chi connectivity index (χ1v) is 7.50. The molecule has 112 valence electrons. The van der Waals surface area contributed by atoms with Crippen LogP contribution in [0.15, 0.2) is 30.3 Å². The van der Waals surface area contributed by atoms with E-state index in [1.54, 1.807) is 12.1 Å². The van der Waals surface area contributed by atoms with Gasteiger partial charge in [-0.15, -0.1) is 0 Å². The number of carbonyl (C=O) groups excluding carboxylic acids is 2. The van der Waals surface area contributed by atoms with E-state index < -0.39 is 0 Å². The summed E-state index contributed by atoms with van der Waals surface area (Å²) < 4.78 is 5.68. The number of hydrogen-bond donors (Lipinski definition) is 0. The smallest absolute Gasteiger partial charge is 0.338 e. The maximum Gasteiger partial charge on any atom is 0.338 e. The molecule has 2 bridgehead atoms. The number of nitrogens with zero attached hydrogens (tertiary/aromatic N) is 1. The third kappa shape index (κ3) is 2.27. The van der Waals surface area contributed by atoms with Crippen LogP contribution in [-0.4, -0.2) is 41.9 Å². The van der Waals surface area contributed by atoms with Gasteiger partial charge < -0.3 is 9.53 Å². The standard InChI is InChI=1S/C17H21NO3/c1-17-9-8-13(18(17)2)10-15(14(17)11-19)21-16(20)12-6-4-3-5-7-12/h3-7,11,13-15H,8-10H2,1-2H3/t13?,14?,15-,17?/m0/s1. The molecule has 0 saturated carbocycles. The van der Waals surface area contributed by atoms with Crippen molar-refractivity contribution in [3.63, 3.8) is 0 Å². The van der Waals surface area contributed by atoms with E-state index in [-0.39, 0.29) is 23.5 Å². The second-order valence-electron chi connectivity index (χ2n) is 6.37. The quantitative estimate of drug-likeness (QED) is 0.632. The summed E-state index contributed by atoms with van der Waals surface area (Å²) in [5, 5.41) is 0. The van der Waals surface area contributed by atoms with Gasteiger partial charge in [-0.3, -0.25) is 4.90 Å². The molecule has 2 aliphatic rings. The Hall–Kier alpha value is -1.68. The van der Waals surface area contributed by atoms with E-state index in [4.69, 9.17) is 4.74 Å². The molecular weight excluding hydrogens is 266 g/mol. The molecule has 4 atom stereocenters. The highest BCUT2D eigenvalue weighted by Gasteiger charge is 2.54. The highest BCUT2D eigenvalue weighted by Crippen LogP contribution is 2.46. The molecule has 0 aromatic heterocycles. The number of ether oxygens (including phenoxy) is 1. The zero-order valence-electron chi connectivity index (χ0n) is 12.5. The van der Waals surface area contributed by atoms with Crippen LogP contribution in [0, 0.1) is 5.92 Å². The van der Waals surface area contributed by atoms with E-state index in [1.807, 2.05) is 18.2 Å². The second kappa shape index (κ2) is 5.26. The molecular formula is C17H21NO3. The van der Waals surface area contributed by atoms with Crippen molar-refractivity contribution in [2.45, 2.75) is 43.9 Å². The van der Waals surface area contributed by atoms with E-state index >= 15 is 0 Å². The lowest BCUT2D eigenvalue weighted by Crippen LogP contribution is -2.58. The van der Waals surface area contributed by atoms with Gasteiger partial charge in [-0.1, -0.05) is 18.2 Å². The lowest BCUT2D eigenvalue weighted by Gasteiger charge is -2.47. The van der Waals surface area contributed by atoms with Crippen LogP contribution in [0.5, 0.6) is 0 Å². The molecule has 2 saturated heterocycles. The van der Waals surface area contributed by atoms with E-state index in [0.29, 0.717) is 11.6 Å². The first-order chi connectivity index (χ1) is 10.1. The molecule has 3 unspecified atom stereocenters. The minimum atomic E-state index is -0.333. The molecule has 3 rings (SSSR count). The fourth-order valence-electron chi connectivity index (χ4n) is 3.87. The van der Waals surface area contributed by atoms with Crippen LogP contribution in [0.3, 0.4) is 0 Å². The molecule has 2 heterocycles. The number of benzene rings is 1. The van der Waals surface area contributed by atoms with Gasteiger partial charge in [-0.05, 0) is 38.9 Å². The summed E-state index contributed by atoms with van der Waals surface area (Å²) >= 11 is 0. The van der Waals surface area contributed by atoms with Gasteiger partial charge in [-0.2, -0.15) is 0 Å². The van der Waals surface area contributed by atoms with Gasteiger partial charge in [-0.25, -0.2) is 4.79 Å². The molecule has 0 amide bonds. The molecule has 2 fully saturated rings. The lowest BCUT2D eigenvalue weighted by atomic mass is 9.78. The number of esters is 1. The molecule has 0 aliphatic carbocycles. The Balaban J connectivity index is 1.80. The van der Waals surface area contributed by atoms with Crippen LogP contribution in [-0.2, 0) is 9.53 Å². The minimum absolute atomic E-state index is 0.188. The van der Waals surface area contributed by atoms with Crippen molar-refractivity contribution >= 4 is 12.3 Å². The molecule has 0 radical (unpaired) electrons. The van der Waals surface area contributed by atoms with Gasteiger partial charge in [0.2, 0.25) is 0 Å². The van der Waals surface area contributed by atoms with Crippen molar-refractivity contribution in [2.24, 2.45) is 5.92 Å². The average Bonchev–Trinajstić information content (AvgIpc) is 2.69. The van der Waals surface area contributed by atoms with Crippen molar-refractivity contribution in [2.75, 3.05) is 7.05 Å². The predicted octanol–water partition coefficient (Wildman–Crippen LogP) is 2.28. The first kappa shape index (κ1) is 14.3. The molecule has 1 aromatic rings. The summed E-state index contributed by atoms with van der Waals surface area (Å²) in [4.78, 5) is 26.1. The van der Waals surface area contributed by atoms with Crippen LogP contribution >= 0.6 is 0 Å². The zero-order valence-corrected chi connectivity index (χ0v) is 12.5. The Morgan fingerprint density at radius 1 is 1.38 bits per heavy atom. The van der Waals surface area contributed by atoms with Crippen molar-refractivity contribution in [3.8, 4) is 0 Å². The molecule has 4 nitrogen and oxygen atoms in total. The summed E-state index contributed by atoms with van der Waals surface area (Å²) in [6.45, 7) is 2.11. The van der Waals surface area contributed by atoms with Gasteiger partial charge in [0, 0.05) is 18.0 Å². The molecule has 4 heteroatoms. The largest absolute Gasteiger partial charge is 0.458 e. The summed E-state index contributed by atoms with van der Waals surface area (Å²) in [6, 6.07) is 9.37. The lowest BCUT2D eigenvalue weighted by molar-refractivity contribution is -0.126. The zero-order chi connectivity index (χ0) is 15.0. The average molecular weight is 287 g/mol. The van der Waals surface area contributed by atoms with E-state index in [9.17, 15) is 9.59 Å². The SMILES string of the molecule is CN1C2CCC1(C)C(C=O)[C@@H](OC(=O)c1ccccc1)C2. The van der Waals surface area contributed by atoms with Crippen LogP contribution in [0.1, 0.15) is 36.5 Å². The number of piperidine rings is 1. The summed E-state index contributed by atoms with van der Waals surface area (Å²) in [7, 11) is 2.07. The highest BCUT2D eigenvalue weighted by molar-refractivity contribution is 5.89. The minimum Gasteiger partial charge on any atom is -0.458 e.